The van der Waals surface area contributed by atoms with E-state index in [2.05, 4.69) is 20.7 Å². The number of carbonyl (C=O) groups excluding carboxylic acids is 2. The Kier molecular flexibility index (Phi) is 6.72. The molecule has 2 aromatic carbocycles. The minimum absolute atomic E-state index is 0.0374. The zero-order valence-electron chi connectivity index (χ0n) is 20.0. The summed E-state index contributed by atoms with van der Waals surface area (Å²) in [6, 6.07) is 16.9. The summed E-state index contributed by atoms with van der Waals surface area (Å²) in [6.07, 6.45) is 0.955. The molecule has 4 aromatic rings. The van der Waals surface area contributed by atoms with E-state index in [1.165, 1.54) is 0 Å². The summed E-state index contributed by atoms with van der Waals surface area (Å²) in [5.74, 6) is -0.200. The molecule has 0 fully saturated rings. The van der Waals surface area contributed by atoms with Crippen LogP contribution in [0.15, 0.2) is 54.6 Å². The largest absolute Gasteiger partial charge is 0.352 e. The molecule has 0 radical (unpaired) electrons. The smallest absolute Gasteiger partial charge is 0.255 e. The SMILES string of the molecule is Cc1ccc(C(=O)Nc2cccc(CNC(=O)CCc3c(C)nc4cc(C)nn4c3C)c2)cc1. The topological polar surface area (TPSA) is 88.4 Å². The molecule has 0 aliphatic rings. The maximum Gasteiger partial charge on any atom is 0.255 e. The third-order valence-corrected chi connectivity index (χ3v) is 5.88. The Morgan fingerprint density at radius 2 is 1.74 bits per heavy atom. The summed E-state index contributed by atoms with van der Waals surface area (Å²) >= 11 is 0. The summed E-state index contributed by atoms with van der Waals surface area (Å²) < 4.78 is 1.84. The number of amides is 2. The van der Waals surface area contributed by atoms with Gasteiger partial charge in [0.15, 0.2) is 5.65 Å². The predicted octanol–water partition coefficient (Wildman–Crippen LogP) is 4.46. The molecule has 34 heavy (non-hydrogen) atoms. The quantitative estimate of drug-likeness (QED) is 0.431. The van der Waals surface area contributed by atoms with Crippen LogP contribution in [0.25, 0.3) is 5.65 Å². The zero-order valence-corrected chi connectivity index (χ0v) is 20.0. The Morgan fingerprint density at radius 1 is 0.971 bits per heavy atom. The van der Waals surface area contributed by atoms with Gasteiger partial charge in [0.1, 0.15) is 0 Å². The van der Waals surface area contributed by atoms with Gasteiger partial charge in [0.25, 0.3) is 5.91 Å². The van der Waals surface area contributed by atoms with E-state index in [1.54, 1.807) is 12.1 Å². The van der Waals surface area contributed by atoms with E-state index in [4.69, 9.17) is 0 Å². The Labute approximate surface area is 199 Å². The maximum atomic E-state index is 12.5. The number of carbonyl (C=O) groups is 2. The Hall–Kier alpha value is -4.00. The van der Waals surface area contributed by atoms with Crippen molar-refractivity contribution in [3.05, 3.63) is 93.9 Å². The monoisotopic (exact) mass is 455 g/mol. The lowest BCUT2D eigenvalue weighted by molar-refractivity contribution is -0.121. The summed E-state index contributed by atoms with van der Waals surface area (Å²) in [7, 11) is 0. The Bertz CT molecular complexity index is 1360. The highest BCUT2D eigenvalue weighted by Gasteiger charge is 2.13. The summed E-state index contributed by atoms with van der Waals surface area (Å²) in [5, 5.41) is 10.4. The molecule has 0 saturated heterocycles. The van der Waals surface area contributed by atoms with E-state index in [0.717, 1.165) is 39.4 Å². The highest BCUT2D eigenvalue weighted by molar-refractivity contribution is 6.04. The summed E-state index contributed by atoms with van der Waals surface area (Å²) in [4.78, 5) is 29.6. The second kappa shape index (κ2) is 9.87. The molecule has 0 spiro atoms. The molecule has 0 bridgehead atoms. The standard InChI is InChI=1S/C27H29N5O2/c1-17-8-10-22(11-9-17)27(34)30-23-7-5-6-21(15-23)16-28-26(33)13-12-24-19(3)29-25-14-18(2)31-32(25)20(24)4/h5-11,14-15H,12-13,16H2,1-4H3,(H,28,33)(H,30,34). The van der Waals surface area contributed by atoms with Crippen molar-refractivity contribution >= 4 is 23.1 Å². The molecule has 0 atom stereocenters. The van der Waals surface area contributed by atoms with Crippen molar-refractivity contribution in [1.82, 2.24) is 19.9 Å². The lowest BCUT2D eigenvalue weighted by atomic mass is 10.1. The van der Waals surface area contributed by atoms with Crippen LogP contribution in [0.5, 0.6) is 0 Å². The molecule has 0 aliphatic heterocycles. The van der Waals surface area contributed by atoms with Crippen molar-refractivity contribution in [1.29, 1.82) is 0 Å². The molecule has 7 heteroatoms. The van der Waals surface area contributed by atoms with Gasteiger partial charge in [0.2, 0.25) is 5.91 Å². The zero-order chi connectivity index (χ0) is 24.2. The van der Waals surface area contributed by atoms with Crippen LogP contribution in [0, 0.1) is 27.7 Å². The average Bonchev–Trinajstić information content (AvgIpc) is 3.18. The Balaban J connectivity index is 1.33. The molecule has 2 N–H and O–H groups in total. The third kappa shape index (κ3) is 5.31. The van der Waals surface area contributed by atoms with Gasteiger partial charge in [-0.15, -0.1) is 0 Å². The number of nitrogens with zero attached hydrogens (tertiary/aromatic N) is 3. The number of hydrogen-bond donors (Lipinski definition) is 2. The Morgan fingerprint density at radius 3 is 2.50 bits per heavy atom. The highest BCUT2D eigenvalue weighted by atomic mass is 16.2. The normalized spacial score (nSPS) is 10.9. The van der Waals surface area contributed by atoms with Gasteiger partial charge in [0, 0.05) is 41.7 Å². The molecule has 2 heterocycles. The number of benzene rings is 2. The van der Waals surface area contributed by atoms with Crippen LogP contribution in [0.2, 0.25) is 0 Å². The number of rotatable bonds is 7. The molecule has 4 rings (SSSR count). The molecular weight excluding hydrogens is 426 g/mol. The van der Waals surface area contributed by atoms with Crippen molar-refractivity contribution in [2.75, 3.05) is 5.32 Å². The van der Waals surface area contributed by atoms with Crippen LogP contribution in [-0.4, -0.2) is 26.4 Å². The fraction of sp³-hybridized carbons (Fsp3) is 0.259. The lowest BCUT2D eigenvalue weighted by Gasteiger charge is -2.12. The van der Waals surface area contributed by atoms with Crippen LogP contribution in [-0.2, 0) is 17.8 Å². The molecule has 2 amide bonds. The van der Waals surface area contributed by atoms with Crippen molar-refractivity contribution in [2.24, 2.45) is 0 Å². The number of fused-ring (bicyclic) bond motifs is 1. The fourth-order valence-corrected chi connectivity index (χ4v) is 4.00. The maximum absolute atomic E-state index is 12.5. The second-order valence-electron chi connectivity index (χ2n) is 8.61. The predicted molar refractivity (Wildman–Crippen MR) is 133 cm³/mol. The van der Waals surface area contributed by atoms with Crippen LogP contribution in [0.3, 0.4) is 0 Å². The third-order valence-electron chi connectivity index (χ3n) is 5.88. The van der Waals surface area contributed by atoms with Crippen LogP contribution in [0.4, 0.5) is 5.69 Å². The van der Waals surface area contributed by atoms with Gasteiger partial charge < -0.3 is 10.6 Å². The van der Waals surface area contributed by atoms with E-state index in [9.17, 15) is 9.59 Å². The van der Waals surface area contributed by atoms with Crippen molar-refractivity contribution < 1.29 is 9.59 Å². The van der Waals surface area contributed by atoms with Gasteiger partial charge in [-0.05, 0) is 69.5 Å². The lowest BCUT2D eigenvalue weighted by Crippen LogP contribution is -2.23. The van der Waals surface area contributed by atoms with Gasteiger partial charge in [-0.2, -0.15) is 5.10 Å². The van der Waals surface area contributed by atoms with Gasteiger partial charge in [-0.25, -0.2) is 9.50 Å². The minimum Gasteiger partial charge on any atom is -0.352 e. The number of aryl methyl sites for hydroxylation is 4. The van der Waals surface area contributed by atoms with Crippen molar-refractivity contribution in [3.63, 3.8) is 0 Å². The van der Waals surface area contributed by atoms with Crippen LogP contribution in [0.1, 0.15) is 50.6 Å². The first kappa shape index (κ1) is 23.2. The number of aromatic nitrogens is 3. The van der Waals surface area contributed by atoms with E-state index < -0.39 is 0 Å². The molecule has 0 unspecified atom stereocenters. The summed E-state index contributed by atoms with van der Waals surface area (Å²) in [6.45, 7) is 8.30. The summed E-state index contributed by atoms with van der Waals surface area (Å²) in [5.41, 5.74) is 8.05. The number of nitrogens with one attached hydrogen (secondary N) is 2. The molecule has 0 saturated carbocycles. The molecule has 7 nitrogen and oxygen atoms in total. The highest BCUT2D eigenvalue weighted by Crippen LogP contribution is 2.17. The van der Waals surface area contributed by atoms with E-state index >= 15 is 0 Å². The van der Waals surface area contributed by atoms with Gasteiger partial charge in [0.05, 0.1) is 5.69 Å². The molecular formula is C27H29N5O2. The van der Waals surface area contributed by atoms with Gasteiger partial charge in [-0.3, -0.25) is 9.59 Å². The molecule has 174 valence electrons. The van der Waals surface area contributed by atoms with Crippen molar-refractivity contribution in [3.8, 4) is 0 Å². The van der Waals surface area contributed by atoms with Crippen LogP contribution < -0.4 is 10.6 Å². The first-order valence-corrected chi connectivity index (χ1v) is 11.4. The fourth-order valence-electron chi connectivity index (χ4n) is 4.00. The van der Waals surface area contributed by atoms with E-state index in [-0.39, 0.29) is 11.8 Å². The van der Waals surface area contributed by atoms with E-state index in [0.29, 0.717) is 30.6 Å². The molecule has 2 aromatic heterocycles. The second-order valence-corrected chi connectivity index (χ2v) is 8.61. The van der Waals surface area contributed by atoms with Gasteiger partial charge in [-0.1, -0.05) is 29.8 Å². The van der Waals surface area contributed by atoms with E-state index in [1.807, 2.05) is 74.7 Å². The minimum atomic E-state index is -0.162. The first-order chi connectivity index (χ1) is 16.3. The van der Waals surface area contributed by atoms with Gasteiger partial charge >= 0.3 is 0 Å². The first-order valence-electron chi connectivity index (χ1n) is 11.4. The van der Waals surface area contributed by atoms with Crippen molar-refractivity contribution in [2.45, 2.75) is 47.1 Å². The number of anilines is 1. The average molecular weight is 456 g/mol. The molecule has 0 aliphatic carbocycles. The number of hydrogen-bond acceptors (Lipinski definition) is 4. The van der Waals surface area contributed by atoms with Crippen LogP contribution >= 0.6 is 0 Å².